The van der Waals surface area contributed by atoms with E-state index in [9.17, 15) is 220 Å². The molecule has 62 heteroatoms. The van der Waals surface area contributed by atoms with Crippen LogP contribution >= 0.6 is 0 Å². The van der Waals surface area contributed by atoms with Crippen molar-refractivity contribution in [2.24, 2.45) is 5.73 Å². The number of aliphatic hydroxyl groups is 44. The molecule has 5 fully saturated rings. The van der Waals surface area contributed by atoms with Crippen LogP contribution in [0, 0.1) is 0 Å². The van der Waals surface area contributed by atoms with Crippen molar-refractivity contribution in [1.29, 1.82) is 0 Å². The Balaban J connectivity index is 1.69. The summed E-state index contributed by atoms with van der Waals surface area (Å²) in [5.41, 5.74) is 5.55. The monoisotopic (exact) mass is 2050 g/mol. The van der Waals surface area contributed by atoms with Gasteiger partial charge in [0.25, 0.3) is 0 Å². The second-order valence-corrected chi connectivity index (χ2v) is 31.4. The van der Waals surface area contributed by atoms with Crippen molar-refractivity contribution in [3.63, 3.8) is 0 Å². The van der Waals surface area contributed by atoms with Gasteiger partial charge in [0.05, 0.1) is 33.0 Å². The zero-order chi connectivity index (χ0) is 105. The van der Waals surface area contributed by atoms with Crippen LogP contribution in [-0.4, -0.2) is 557 Å². The minimum atomic E-state index is -3.37. The van der Waals surface area contributed by atoms with Crippen LogP contribution < -0.4 is 5.73 Å². The lowest BCUT2D eigenvalue weighted by molar-refractivity contribution is -0.336. The molecule has 39 atom stereocenters. The third-order valence-electron chi connectivity index (χ3n) is 21.6. The summed E-state index contributed by atoms with van der Waals surface area (Å²) >= 11 is 0. The quantitative estimate of drug-likeness (QED) is 0.0153. The van der Waals surface area contributed by atoms with E-state index < -0.39 is 445 Å². The van der Waals surface area contributed by atoms with Crippen molar-refractivity contribution in [1.82, 2.24) is 0 Å². The maximum atomic E-state index is 12.3. The average Bonchev–Trinajstić information content (AvgIpc) is 1.73. The van der Waals surface area contributed by atoms with Gasteiger partial charge in [0.15, 0.2) is 93.2 Å². The van der Waals surface area contributed by atoms with E-state index in [1.54, 1.807) is 0 Å². The molecule has 139 heavy (non-hydrogen) atoms. The minimum Gasteiger partial charge on any atom is -0.506 e. The Morgan fingerprint density at radius 3 is 0.820 bits per heavy atom. The van der Waals surface area contributed by atoms with Crippen LogP contribution in [0.5, 0.6) is 0 Å². The Hall–Kier alpha value is -6.54. The molecule has 35 unspecified atom stereocenters. The molecule has 46 N–H and O–H groups in total. The second kappa shape index (κ2) is 59.8. The molecule has 62 nitrogen and oxygen atoms in total. The first kappa shape index (κ1) is 123. The Morgan fingerprint density at radius 1 is 0.266 bits per heavy atom. The van der Waals surface area contributed by atoms with Gasteiger partial charge in [-0.15, -0.1) is 0 Å². The van der Waals surface area contributed by atoms with E-state index in [1.165, 1.54) is 0 Å². The summed E-state index contributed by atoms with van der Waals surface area (Å²) < 4.78 is 94.8. The largest absolute Gasteiger partial charge is 0.506 e. The molecule has 0 bridgehead atoms. The third-order valence-corrected chi connectivity index (χ3v) is 21.6. The predicted molar refractivity (Wildman–Crippen MR) is 436 cm³/mol. The SMILES string of the molecule is NCCCCCOC1OC([C@H](O)CO)C(OC(O)/C(O)=C(\OC2OC([C@H](O)CO)C(OC(O)/C(O)=C(\OC3OC([C@H](O)CO)C(OC(O)/C(O)=C(/OC4OC([C@H](O)CO)C(OC5OC(CO)C(OC(O)/C(O)=C(\O)C(O)CCO)C(O)C5O)C4O)C(CCO)OC(O)/C(O)=C(\O)C(O)CCO)C3O)C(CCO)OC(O)/C(O)=C(/O)C(O)CCO)C2O)C(CCO)OC(O)/C(O)=C(\O)C(O)CCO)C1O. The maximum Gasteiger partial charge on any atom is 0.229 e. The molecule has 5 aliphatic rings. The normalized spacial score (nSPS) is 31.7. The highest BCUT2D eigenvalue weighted by atomic mass is 16.8. The molecule has 0 spiro atoms. The van der Waals surface area contributed by atoms with Gasteiger partial charge in [-0.05, 0) is 25.8 Å². The summed E-state index contributed by atoms with van der Waals surface area (Å²) in [6.45, 7) is -13.9. The summed E-state index contributed by atoms with van der Waals surface area (Å²) in [6.07, 6.45) is -103. The van der Waals surface area contributed by atoms with Gasteiger partial charge in [-0.2, -0.15) is 0 Å². The van der Waals surface area contributed by atoms with Crippen LogP contribution in [0.1, 0.15) is 64.2 Å². The predicted octanol–water partition coefficient (Wildman–Crippen LogP) is -16.6. The van der Waals surface area contributed by atoms with E-state index in [-0.39, 0.29) is 13.2 Å². The molecule has 5 heterocycles. The fourth-order valence-corrected chi connectivity index (χ4v) is 14.0. The zero-order valence-corrected chi connectivity index (χ0v) is 73.7. The summed E-state index contributed by atoms with van der Waals surface area (Å²) in [4.78, 5) is 0. The van der Waals surface area contributed by atoms with Gasteiger partial charge in [0.2, 0.25) is 62.9 Å². The Kier molecular flexibility index (Phi) is 52.9. The topological polar surface area (TPSA) is 1070 Å². The molecule has 5 rings (SSSR count). The Bertz CT molecular complexity index is 3790. The molecule has 5 saturated heterocycles. The molecule has 0 amide bonds. The van der Waals surface area contributed by atoms with Crippen LogP contribution in [-0.2, 0) is 80.5 Å². The van der Waals surface area contributed by atoms with Gasteiger partial charge in [-0.1, -0.05) is 0 Å². The molecule has 0 aliphatic carbocycles. The van der Waals surface area contributed by atoms with Crippen LogP contribution in [0.4, 0.5) is 0 Å². The van der Waals surface area contributed by atoms with Crippen molar-refractivity contribution in [3.05, 3.63) is 80.6 Å². The van der Waals surface area contributed by atoms with Gasteiger partial charge < -0.3 is 311 Å². The number of hydrogen-bond acceptors (Lipinski definition) is 62. The van der Waals surface area contributed by atoms with Crippen molar-refractivity contribution in [3.8, 4) is 0 Å². The van der Waals surface area contributed by atoms with E-state index in [2.05, 4.69) is 0 Å². The second-order valence-electron chi connectivity index (χ2n) is 31.4. The fraction of sp³-hybridized carbons (Fsp3) is 0.818. The number of nitrogens with two attached hydrogens (primary N) is 1. The third kappa shape index (κ3) is 32.7. The molecule has 812 valence electrons. The van der Waals surface area contributed by atoms with Gasteiger partial charge in [-0.25, -0.2) is 0 Å². The van der Waals surface area contributed by atoms with E-state index in [4.69, 9.17) is 91.4 Å². The van der Waals surface area contributed by atoms with Gasteiger partial charge >= 0.3 is 0 Å². The molecule has 0 saturated carbocycles. The first-order valence-electron chi connectivity index (χ1n) is 42.9. The highest BCUT2D eigenvalue weighted by Crippen LogP contribution is 2.41. The fourth-order valence-electron chi connectivity index (χ4n) is 14.0. The number of aliphatic hydroxyl groups excluding tert-OH is 44. The molecule has 5 aliphatic heterocycles. The van der Waals surface area contributed by atoms with E-state index >= 15 is 0 Å². The lowest BCUT2D eigenvalue weighted by atomic mass is 9.98. The maximum absolute atomic E-state index is 12.3. The van der Waals surface area contributed by atoms with Crippen molar-refractivity contribution >= 4 is 0 Å². The molecule has 0 aromatic rings. The van der Waals surface area contributed by atoms with Crippen molar-refractivity contribution < 1.29 is 305 Å². The number of ether oxygens (including phenoxy) is 17. The minimum absolute atomic E-state index is 0.146. The van der Waals surface area contributed by atoms with Crippen LogP contribution in [0.15, 0.2) is 80.6 Å². The molecule has 0 radical (unpaired) electrons. The van der Waals surface area contributed by atoms with Crippen molar-refractivity contribution in [2.75, 3.05) is 92.4 Å². The lowest BCUT2D eigenvalue weighted by Gasteiger charge is -2.43. The van der Waals surface area contributed by atoms with Crippen molar-refractivity contribution in [2.45, 2.75) is 304 Å². The van der Waals surface area contributed by atoms with Crippen LogP contribution in [0.2, 0.25) is 0 Å². The summed E-state index contributed by atoms with van der Waals surface area (Å²) in [6, 6.07) is 0. The number of unbranched alkanes of at least 4 members (excludes halogenated alkanes) is 2. The summed E-state index contributed by atoms with van der Waals surface area (Å²) in [7, 11) is 0. The number of rotatable bonds is 65. The molecule has 0 aromatic heterocycles. The Morgan fingerprint density at radius 2 is 0.532 bits per heavy atom. The molecular formula is C77H133NO61. The average molecular weight is 2050 g/mol. The van der Waals surface area contributed by atoms with Gasteiger partial charge in [-0.3, -0.25) is 0 Å². The van der Waals surface area contributed by atoms with Gasteiger partial charge in [0, 0.05) is 97.8 Å². The highest BCUT2D eigenvalue weighted by molar-refractivity contribution is 5.18. The molecule has 0 aromatic carbocycles. The van der Waals surface area contributed by atoms with E-state index in [0.29, 0.717) is 19.3 Å². The first-order chi connectivity index (χ1) is 65.7. The first-order valence-corrected chi connectivity index (χ1v) is 42.9. The summed E-state index contributed by atoms with van der Waals surface area (Å²) in [5.74, 6) is -23.1. The smallest absolute Gasteiger partial charge is 0.229 e. The number of hydrogen-bond donors (Lipinski definition) is 45. The summed E-state index contributed by atoms with van der Waals surface area (Å²) in [5, 5.41) is 478. The van der Waals surface area contributed by atoms with Gasteiger partial charge in [0.1, 0.15) is 165 Å². The molecular weight excluding hydrogens is 1910 g/mol. The van der Waals surface area contributed by atoms with E-state index in [0.717, 1.165) is 0 Å². The lowest BCUT2D eigenvalue weighted by Crippen LogP contribution is -2.62. The van der Waals surface area contributed by atoms with Crippen LogP contribution in [0.25, 0.3) is 0 Å². The highest BCUT2D eigenvalue weighted by Gasteiger charge is 2.59. The van der Waals surface area contributed by atoms with E-state index in [1.807, 2.05) is 0 Å². The van der Waals surface area contributed by atoms with Crippen LogP contribution in [0.3, 0.4) is 0 Å². The Labute approximate surface area is 786 Å². The standard InChI is InChI=1S/C77H133NO61/c78-11-2-1-3-19-123-73-50(112)62(54(132-73)29(95)20-86)129-70(120)47(109)58(33(8-16-83)124-66(116)42(104)37(99)25(91)4-12-79)136-75-51(113)63(55(133-75)30(96)21-87)130-71(121)48(110)59(34(9-17-84)125-67(117)43(105)38(100)26(92)5-13-80)137-76-52(114)64(56(134-76)31(97)22-88)131-72(122)49(111)60(35(10-18-85)126-68(118)44(106)39(101)27(93)6-14-81)138-77-53(115)65(57(135-77)32(98)23-89)139-74-46(108)41(103)61(36(24-90)127-74)128-69(119)45(107)40(102)28(94)7-15-82/h25-36,41,46,50-57,61-77,79-122H,1-24,78H2/b42-37+,43-38-,44-39+,45-40+,58-47+,59-48+,60-49-/t25?,26?,27?,28?,29-,30-,31-,32-,33?,34?,35?,36?,41?,46?,50?,51?,52?,53?,54?,55?,56?,57?,61?,62?,63?,64?,65?,66?,67?,68?,69?,70?,71?,72?,73?,74?,75?,76?,77?/m1/s1. The zero-order valence-electron chi connectivity index (χ0n) is 73.7.